The predicted molar refractivity (Wildman–Crippen MR) is 87.7 cm³/mol. The molecule has 3 nitrogen and oxygen atoms in total. The number of benzene rings is 1. The van der Waals surface area contributed by atoms with E-state index in [1.807, 2.05) is 4.90 Å². The molecule has 1 saturated carbocycles. The Bertz CT molecular complexity index is 506. The second-order valence-electron chi connectivity index (χ2n) is 7.13. The van der Waals surface area contributed by atoms with Crippen molar-refractivity contribution in [1.82, 2.24) is 0 Å². The fraction of sp³-hybridized carbons (Fsp3) is 0.611. The topological polar surface area (TPSA) is 32.3 Å². The first kappa shape index (κ1) is 14.4. The van der Waals surface area contributed by atoms with Gasteiger partial charge in [0.15, 0.2) is 0 Å². The normalized spacial score (nSPS) is 25.1. The number of carbonyl (C=O) groups is 1. The molecule has 0 aromatic heterocycles. The van der Waals surface area contributed by atoms with Gasteiger partial charge in [0, 0.05) is 30.4 Å². The van der Waals surface area contributed by atoms with Crippen LogP contribution < -0.4 is 10.2 Å². The quantitative estimate of drug-likeness (QED) is 0.903. The molecule has 1 unspecified atom stereocenters. The van der Waals surface area contributed by atoms with Crippen LogP contribution in [0.2, 0.25) is 0 Å². The van der Waals surface area contributed by atoms with Gasteiger partial charge in [-0.3, -0.25) is 4.79 Å². The summed E-state index contributed by atoms with van der Waals surface area (Å²) in [4.78, 5) is 13.7. The summed E-state index contributed by atoms with van der Waals surface area (Å²) in [5.41, 5.74) is 2.57. The van der Waals surface area contributed by atoms with E-state index in [1.165, 1.54) is 31.4 Å². The van der Waals surface area contributed by atoms with E-state index in [1.54, 1.807) is 0 Å². The SMILES string of the molecule is CC1(C)CCCCC1Nc1ccc(N2CCCC2=O)cc1. The molecule has 1 amide bonds. The average molecular weight is 286 g/mol. The molecule has 1 aliphatic heterocycles. The molecule has 1 atom stereocenters. The van der Waals surface area contributed by atoms with Gasteiger partial charge in [-0.25, -0.2) is 0 Å². The molecule has 0 bridgehead atoms. The van der Waals surface area contributed by atoms with E-state index in [9.17, 15) is 4.79 Å². The number of amides is 1. The summed E-state index contributed by atoms with van der Waals surface area (Å²) in [5, 5.41) is 3.70. The smallest absolute Gasteiger partial charge is 0.227 e. The number of nitrogens with one attached hydrogen (secondary N) is 1. The van der Waals surface area contributed by atoms with Crippen molar-refractivity contribution in [2.24, 2.45) is 5.41 Å². The lowest BCUT2D eigenvalue weighted by molar-refractivity contribution is -0.117. The van der Waals surface area contributed by atoms with E-state index in [0.717, 1.165) is 18.7 Å². The molecular weight excluding hydrogens is 260 g/mol. The molecule has 21 heavy (non-hydrogen) atoms. The summed E-state index contributed by atoms with van der Waals surface area (Å²) in [6.07, 6.45) is 6.89. The molecule has 1 aliphatic carbocycles. The zero-order valence-corrected chi connectivity index (χ0v) is 13.2. The van der Waals surface area contributed by atoms with Crippen molar-refractivity contribution in [3.63, 3.8) is 0 Å². The molecule has 2 fully saturated rings. The van der Waals surface area contributed by atoms with Crippen molar-refractivity contribution in [3.05, 3.63) is 24.3 Å². The van der Waals surface area contributed by atoms with Crippen LogP contribution in [0.5, 0.6) is 0 Å². The first-order valence-electron chi connectivity index (χ1n) is 8.23. The minimum Gasteiger partial charge on any atom is -0.382 e. The summed E-state index contributed by atoms with van der Waals surface area (Å²) in [6, 6.07) is 8.92. The average Bonchev–Trinajstić information content (AvgIpc) is 2.88. The maximum Gasteiger partial charge on any atom is 0.227 e. The van der Waals surface area contributed by atoms with Crippen molar-refractivity contribution >= 4 is 17.3 Å². The maximum absolute atomic E-state index is 11.8. The zero-order valence-electron chi connectivity index (χ0n) is 13.2. The lowest BCUT2D eigenvalue weighted by Gasteiger charge is -2.39. The van der Waals surface area contributed by atoms with Gasteiger partial charge in [0.25, 0.3) is 0 Å². The molecule has 0 spiro atoms. The third kappa shape index (κ3) is 3.07. The summed E-state index contributed by atoms with van der Waals surface area (Å²) >= 11 is 0. The van der Waals surface area contributed by atoms with Gasteiger partial charge in [0.1, 0.15) is 0 Å². The van der Waals surface area contributed by atoms with Gasteiger partial charge in [-0.2, -0.15) is 0 Å². The van der Waals surface area contributed by atoms with Crippen LogP contribution in [0.25, 0.3) is 0 Å². The van der Waals surface area contributed by atoms with Crippen LogP contribution in [0.4, 0.5) is 11.4 Å². The van der Waals surface area contributed by atoms with Gasteiger partial charge >= 0.3 is 0 Å². The summed E-state index contributed by atoms with van der Waals surface area (Å²) in [5.74, 6) is 0.254. The molecule has 114 valence electrons. The van der Waals surface area contributed by atoms with Crippen molar-refractivity contribution < 1.29 is 4.79 Å². The largest absolute Gasteiger partial charge is 0.382 e. The molecular formula is C18H26N2O. The number of nitrogens with zero attached hydrogens (tertiary/aromatic N) is 1. The van der Waals surface area contributed by atoms with Crippen LogP contribution in [0.3, 0.4) is 0 Å². The second kappa shape index (κ2) is 5.70. The summed E-state index contributed by atoms with van der Waals surface area (Å²) in [6.45, 7) is 5.59. The molecule has 0 radical (unpaired) electrons. The van der Waals surface area contributed by atoms with Crippen molar-refractivity contribution in [1.29, 1.82) is 0 Å². The molecule has 1 heterocycles. The Hall–Kier alpha value is -1.51. The predicted octanol–water partition coefficient (Wildman–Crippen LogP) is 4.19. The zero-order chi connectivity index (χ0) is 14.9. The van der Waals surface area contributed by atoms with E-state index in [0.29, 0.717) is 17.9 Å². The first-order chi connectivity index (χ1) is 10.1. The molecule has 3 heteroatoms. The highest BCUT2D eigenvalue weighted by atomic mass is 16.2. The lowest BCUT2D eigenvalue weighted by Crippen LogP contribution is -2.38. The van der Waals surface area contributed by atoms with Gasteiger partial charge in [-0.15, -0.1) is 0 Å². The number of rotatable bonds is 3. The highest BCUT2D eigenvalue weighted by Crippen LogP contribution is 2.37. The van der Waals surface area contributed by atoms with Crippen molar-refractivity contribution in [2.45, 2.75) is 58.4 Å². The highest BCUT2D eigenvalue weighted by Gasteiger charge is 2.32. The third-order valence-electron chi connectivity index (χ3n) is 5.10. The Balaban J connectivity index is 1.68. The first-order valence-corrected chi connectivity index (χ1v) is 8.23. The monoisotopic (exact) mass is 286 g/mol. The van der Waals surface area contributed by atoms with Crippen LogP contribution in [-0.2, 0) is 4.79 Å². The van der Waals surface area contributed by atoms with Crippen LogP contribution in [-0.4, -0.2) is 18.5 Å². The molecule has 1 aromatic rings. The fourth-order valence-corrected chi connectivity index (χ4v) is 3.62. The number of hydrogen-bond acceptors (Lipinski definition) is 2. The molecule has 1 saturated heterocycles. The summed E-state index contributed by atoms with van der Waals surface area (Å²) < 4.78 is 0. The molecule has 1 aromatic carbocycles. The van der Waals surface area contributed by atoms with Gasteiger partial charge in [-0.1, -0.05) is 26.7 Å². The number of hydrogen-bond donors (Lipinski definition) is 1. The maximum atomic E-state index is 11.8. The minimum atomic E-state index is 0.254. The van der Waals surface area contributed by atoms with Crippen LogP contribution in [0, 0.1) is 5.41 Å². The Labute approximate surface area is 127 Å². The van der Waals surface area contributed by atoms with Crippen LogP contribution in [0.1, 0.15) is 52.4 Å². The number of carbonyl (C=O) groups excluding carboxylic acids is 1. The van der Waals surface area contributed by atoms with E-state index in [-0.39, 0.29) is 5.91 Å². The molecule has 3 rings (SSSR count). The van der Waals surface area contributed by atoms with E-state index < -0.39 is 0 Å². The standard InChI is InChI=1S/C18H26N2O/c1-18(2)12-4-3-6-16(18)19-14-8-10-15(11-9-14)20-13-5-7-17(20)21/h8-11,16,19H,3-7,12-13H2,1-2H3. The molecule has 2 aliphatic rings. The Morgan fingerprint density at radius 1 is 1.14 bits per heavy atom. The summed E-state index contributed by atoms with van der Waals surface area (Å²) in [7, 11) is 0. The lowest BCUT2D eigenvalue weighted by atomic mass is 9.73. The van der Waals surface area contributed by atoms with E-state index in [2.05, 4.69) is 43.4 Å². The fourth-order valence-electron chi connectivity index (χ4n) is 3.62. The van der Waals surface area contributed by atoms with Crippen molar-refractivity contribution in [3.8, 4) is 0 Å². The Morgan fingerprint density at radius 2 is 1.90 bits per heavy atom. The Morgan fingerprint density at radius 3 is 2.52 bits per heavy atom. The van der Waals surface area contributed by atoms with E-state index in [4.69, 9.17) is 0 Å². The van der Waals surface area contributed by atoms with Crippen LogP contribution in [0.15, 0.2) is 24.3 Å². The second-order valence-corrected chi connectivity index (χ2v) is 7.13. The van der Waals surface area contributed by atoms with Crippen molar-refractivity contribution in [2.75, 3.05) is 16.8 Å². The molecule has 1 N–H and O–H groups in total. The van der Waals surface area contributed by atoms with Gasteiger partial charge < -0.3 is 10.2 Å². The minimum absolute atomic E-state index is 0.254. The van der Waals surface area contributed by atoms with Gasteiger partial charge in [-0.05, 0) is 48.9 Å². The van der Waals surface area contributed by atoms with E-state index >= 15 is 0 Å². The highest BCUT2D eigenvalue weighted by molar-refractivity contribution is 5.95. The van der Waals surface area contributed by atoms with Gasteiger partial charge in [0.2, 0.25) is 5.91 Å². The third-order valence-corrected chi connectivity index (χ3v) is 5.10. The Kier molecular flexibility index (Phi) is 3.92. The number of anilines is 2. The van der Waals surface area contributed by atoms with Gasteiger partial charge in [0.05, 0.1) is 0 Å². The van der Waals surface area contributed by atoms with Crippen LogP contribution >= 0.6 is 0 Å².